The lowest BCUT2D eigenvalue weighted by atomic mass is 10.2. The quantitative estimate of drug-likeness (QED) is 0.782. The molecular formula is C11H18ClN3. The largest absolute Gasteiger partial charge is 0.329 e. The standard InChI is InChI=1S/C11H18ClN3/c1-9(2)15(6-5-13)8-10-3-4-11(12)14-7-10/h3-4,7,9H,5-6,8,13H2,1-2H3. The van der Waals surface area contributed by atoms with Crippen LogP contribution in [0, 0.1) is 0 Å². The van der Waals surface area contributed by atoms with Gasteiger partial charge in [-0.1, -0.05) is 17.7 Å². The maximum Gasteiger partial charge on any atom is 0.129 e. The Morgan fingerprint density at radius 2 is 2.20 bits per heavy atom. The molecule has 0 unspecified atom stereocenters. The topological polar surface area (TPSA) is 42.1 Å². The van der Waals surface area contributed by atoms with Gasteiger partial charge >= 0.3 is 0 Å². The summed E-state index contributed by atoms with van der Waals surface area (Å²) >= 11 is 5.73. The van der Waals surface area contributed by atoms with E-state index in [2.05, 4.69) is 23.7 Å². The molecule has 4 heteroatoms. The fourth-order valence-corrected chi connectivity index (χ4v) is 1.53. The molecule has 1 aromatic heterocycles. The SMILES string of the molecule is CC(C)N(CCN)Cc1ccc(Cl)nc1. The minimum absolute atomic E-state index is 0.490. The molecular weight excluding hydrogens is 210 g/mol. The minimum atomic E-state index is 0.490. The van der Waals surface area contributed by atoms with Crippen LogP contribution in [0.2, 0.25) is 5.15 Å². The smallest absolute Gasteiger partial charge is 0.129 e. The highest BCUT2D eigenvalue weighted by atomic mass is 35.5. The summed E-state index contributed by atoms with van der Waals surface area (Å²) in [6.45, 7) is 6.79. The first-order valence-electron chi connectivity index (χ1n) is 5.18. The van der Waals surface area contributed by atoms with Crippen molar-refractivity contribution >= 4 is 11.6 Å². The van der Waals surface area contributed by atoms with E-state index >= 15 is 0 Å². The molecule has 84 valence electrons. The number of pyridine rings is 1. The molecule has 0 fully saturated rings. The lowest BCUT2D eigenvalue weighted by Gasteiger charge is -2.25. The van der Waals surface area contributed by atoms with Crippen molar-refractivity contribution in [3.63, 3.8) is 0 Å². The summed E-state index contributed by atoms with van der Waals surface area (Å²) in [5.41, 5.74) is 6.73. The number of hydrogen-bond donors (Lipinski definition) is 1. The third-order valence-electron chi connectivity index (χ3n) is 2.32. The van der Waals surface area contributed by atoms with Gasteiger partial charge in [0.1, 0.15) is 5.15 Å². The summed E-state index contributed by atoms with van der Waals surface area (Å²) in [7, 11) is 0. The molecule has 0 aromatic carbocycles. The van der Waals surface area contributed by atoms with Gasteiger partial charge in [0.05, 0.1) is 0 Å². The van der Waals surface area contributed by atoms with Gasteiger partial charge in [-0.05, 0) is 25.5 Å². The van der Waals surface area contributed by atoms with E-state index in [9.17, 15) is 0 Å². The molecule has 1 rings (SSSR count). The fraction of sp³-hybridized carbons (Fsp3) is 0.545. The first-order chi connectivity index (χ1) is 7.13. The molecule has 0 aliphatic rings. The zero-order valence-electron chi connectivity index (χ0n) is 9.28. The van der Waals surface area contributed by atoms with Crippen molar-refractivity contribution in [2.24, 2.45) is 5.73 Å². The lowest BCUT2D eigenvalue weighted by molar-refractivity contribution is 0.219. The van der Waals surface area contributed by atoms with Gasteiger partial charge in [-0.3, -0.25) is 4.90 Å². The number of halogens is 1. The van der Waals surface area contributed by atoms with Gasteiger partial charge < -0.3 is 5.73 Å². The minimum Gasteiger partial charge on any atom is -0.329 e. The van der Waals surface area contributed by atoms with E-state index in [1.165, 1.54) is 5.56 Å². The summed E-state index contributed by atoms with van der Waals surface area (Å²) < 4.78 is 0. The van der Waals surface area contributed by atoms with Crippen molar-refractivity contribution in [3.05, 3.63) is 29.0 Å². The summed E-state index contributed by atoms with van der Waals surface area (Å²) in [5, 5.41) is 0.536. The Bertz CT molecular complexity index is 284. The van der Waals surface area contributed by atoms with E-state index in [0.717, 1.165) is 13.1 Å². The normalized spacial score (nSPS) is 11.3. The molecule has 0 spiro atoms. The lowest BCUT2D eigenvalue weighted by Crippen LogP contribution is -2.34. The van der Waals surface area contributed by atoms with Gasteiger partial charge in [-0.15, -0.1) is 0 Å². The van der Waals surface area contributed by atoms with Crippen LogP contribution in [0.1, 0.15) is 19.4 Å². The third-order valence-corrected chi connectivity index (χ3v) is 2.54. The van der Waals surface area contributed by atoms with E-state index in [0.29, 0.717) is 17.7 Å². The highest BCUT2D eigenvalue weighted by Gasteiger charge is 2.08. The average molecular weight is 228 g/mol. The van der Waals surface area contributed by atoms with E-state index < -0.39 is 0 Å². The molecule has 3 nitrogen and oxygen atoms in total. The van der Waals surface area contributed by atoms with Crippen molar-refractivity contribution in [1.82, 2.24) is 9.88 Å². The van der Waals surface area contributed by atoms with Crippen LogP contribution in [-0.2, 0) is 6.54 Å². The van der Waals surface area contributed by atoms with Crippen LogP contribution in [0.25, 0.3) is 0 Å². The van der Waals surface area contributed by atoms with Crippen LogP contribution in [0.15, 0.2) is 18.3 Å². The molecule has 0 saturated carbocycles. The third kappa shape index (κ3) is 4.16. The molecule has 15 heavy (non-hydrogen) atoms. The number of aromatic nitrogens is 1. The van der Waals surface area contributed by atoms with Crippen LogP contribution in [-0.4, -0.2) is 29.0 Å². The van der Waals surface area contributed by atoms with Crippen LogP contribution in [0.4, 0.5) is 0 Å². The Kier molecular flexibility index (Phi) is 5.02. The van der Waals surface area contributed by atoms with E-state index in [4.69, 9.17) is 17.3 Å². The van der Waals surface area contributed by atoms with Crippen molar-refractivity contribution in [2.45, 2.75) is 26.4 Å². The predicted octanol–water partition coefficient (Wildman–Crippen LogP) is 1.90. The average Bonchev–Trinajstić information content (AvgIpc) is 2.20. The molecule has 0 amide bonds. The Morgan fingerprint density at radius 1 is 1.47 bits per heavy atom. The number of rotatable bonds is 5. The molecule has 2 N–H and O–H groups in total. The van der Waals surface area contributed by atoms with Gasteiger partial charge in [-0.25, -0.2) is 4.98 Å². The highest BCUT2D eigenvalue weighted by Crippen LogP contribution is 2.09. The van der Waals surface area contributed by atoms with Crippen LogP contribution in [0.3, 0.4) is 0 Å². The van der Waals surface area contributed by atoms with Crippen LogP contribution < -0.4 is 5.73 Å². The van der Waals surface area contributed by atoms with E-state index in [1.54, 1.807) is 0 Å². The zero-order valence-corrected chi connectivity index (χ0v) is 10.0. The molecule has 0 bridgehead atoms. The predicted molar refractivity (Wildman–Crippen MR) is 63.8 cm³/mol. The molecule has 0 aliphatic carbocycles. The second-order valence-electron chi connectivity index (χ2n) is 3.84. The summed E-state index contributed by atoms with van der Waals surface area (Å²) in [6, 6.07) is 4.31. The van der Waals surface area contributed by atoms with Gasteiger partial charge in [0.2, 0.25) is 0 Å². The van der Waals surface area contributed by atoms with Gasteiger partial charge in [0, 0.05) is 31.9 Å². The molecule has 0 radical (unpaired) electrons. The van der Waals surface area contributed by atoms with E-state index in [1.807, 2.05) is 18.3 Å². The van der Waals surface area contributed by atoms with E-state index in [-0.39, 0.29) is 0 Å². The maximum atomic E-state index is 5.73. The zero-order chi connectivity index (χ0) is 11.3. The maximum absolute atomic E-state index is 5.73. The molecule has 0 aliphatic heterocycles. The summed E-state index contributed by atoms with van der Waals surface area (Å²) in [4.78, 5) is 6.37. The van der Waals surface area contributed by atoms with Crippen molar-refractivity contribution in [2.75, 3.05) is 13.1 Å². The number of hydrogen-bond acceptors (Lipinski definition) is 3. The first kappa shape index (κ1) is 12.4. The monoisotopic (exact) mass is 227 g/mol. The number of nitrogens with zero attached hydrogens (tertiary/aromatic N) is 2. The molecule has 1 heterocycles. The molecule has 1 aromatic rings. The fourth-order valence-electron chi connectivity index (χ4n) is 1.42. The Labute approximate surface area is 96.2 Å². The van der Waals surface area contributed by atoms with Crippen LogP contribution >= 0.6 is 11.6 Å². The first-order valence-corrected chi connectivity index (χ1v) is 5.56. The van der Waals surface area contributed by atoms with Gasteiger partial charge in [-0.2, -0.15) is 0 Å². The van der Waals surface area contributed by atoms with Gasteiger partial charge in [0.25, 0.3) is 0 Å². The second kappa shape index (κ2) is 6.05. The van der Waals surface area contributed by atoms with Crippen LogP contribution in [0.5, 0.6) is 0 Å². The Hall–Kier alpha value is -0.640. The van der Waals surface area contributed by atoms with Crippen molar-refractivity contribution in [3.8, 4) is 0 Å². The number of nitrogens with two attached hydrogens (primary N) is 1. The molecule has 0 saturated heterocycles. The summed E-state index contributed by atoms with van der Waals surface area (Å²) in [6.07, 6.45) is 1.81. The molecule has 0 atom stereocenters. The van der Waals surface area contributed by atoms with Gasteiger partial charge in [0.15, 0.2) is 0 Å². The Morgan fingerprint density at radius 3 is 2.67 bits per heavy atom. The van der Waals surface area contributed by atoms with Crippen molar-refractivity contribution in [1.29, 1.82) is 0 Å². The second-order valence-corrected chi connectivity index (χ2v) is 4.23. The van der Waals surface area contributed by atoms with Crippen molar-refractivity contribution < 1.29 is 0 Å². The Balaban J connectivity index is 2.61. The highest BCUT2D eigenvalue weighted by molar-refractivity contribution is 6.29. The summed E-state index contributed by atoms with van der Waals surface area (Å²) in [5.74, 6) is 0.